The highest BCUT2D eigenvalue weighted by molar-refractivity contribution is 6.00. The lowest BCUT2D eigenvalue weighted by Crippen LogP contribution is -2.35. The van der Waals surface area contributed by atoms with Crippen molar-refractivity contribution in [3.63, 3.8) is 0 Å². The fourth-order valence-electron chi connectivity index (χ4n) is 3.38. The molecule has 2 unspecified atom stereocenters. The lowest BCUT2D eigenvalue weighted by Gasteiger charge is -2.29. The van der Waals surface area contributed by atoms with Crippen molar-refractivity contribution in [1.82, 2.24) is 0 Å². The van der Waals surface area contributed by atoms with Crippen molar-refractivity contribution in [2.45, 2.75) is 60.0 Å². The Hall–Kier alpha value is -2.34. The number of fused-ring (bicyclic) bond motifs is 2. The van der Waals surface area contributed by atoms with Crippen LogP contribution in [0.1, 0.15) is 62.0 Å². The third-order valence-corrected chi connectivity index (χ3v) is 4.91. The van der Waals surface area contributed by atoms with Crippen molar-refractivity contribution in [3.8, 4) is 11.5 Å². The van der Waals surface area contributed by atoms with Gasteiger partial charge in [0, 0.05) is 30.1 Å². The lowest BCUT2D eigenvalue weighted by atomic mass is 9.86. The van der Waals surface area contributed by atoms with Crippen molar-refractivity contribution in [3.05, 3.63) is 34.1 Å². The van der Waals surface area contributed by atoms with Crippen LogP contribution in [-0.4, -0.2) is 34.7 Å². The van der Waals surface area contributed by atoms with Crippen LogP contribution in [0.3, 0.4) is 0 Å². The Morgan fingerprint density at radius 2 is 1.89 bits per heavy atom. The number of ether oxygens (including phenoxy) is 2. The highest BCUT2D eigenvalue weighted by Gasteiger charge is 2.41. The molecule has 2 aliphatic rings. The molecule has 1 aliphatic heterocycles. The highest BCUT2D eigenvalue weighted by atomic mass is 16.6. The summed E-state index contributed by atoms with van der Waals surface area (Å²) in [4.78, 5) is 24.9. The summed E-state index contributed by atoms with van der Waals surface area (Å²) in [6.45, 7) is 9.16. The molecule has 0 saturated carbocycles. The molecule has 2 atom stereocenters. The Morgan fingerprint density at radius 3 is 2.52 bits per heavy atom. The zero-order valence-corrected chi connectivity index (χ0v) is 16.6. The SMILES string of the molecule is CC.CC1=C2OC(=O)c3c(CCCO)cc(O)c(C)c3OC2C(C)CC1=O. The Labute approximate surface area is 159 Å². The van der Waals surface area contributed by atoms with Gasteiger partial charge in [-0.15, -0.1) is 0 Å². The summed E-state index contributed by atoms with van der Waals surface area (Å²) in [5, 5.41) is 19.3. The minimum Gasteiger partial charge on any atom is -0.508 e. The van der Waals surface area contributed by atoms with Gasteiger partial charge in [0.25, 0.3) is 0 Å². The van der Waals surface area contributed by atoms with Gasteiger partial charge in [0.1, 0.15) is 17.1 Å². The molecule has 0 spiro atoms. The molecule has 0 radical (unpaired) electrons. The number of benzene rings is 1. The van der Waals surface area contributed by atoms with E-state index in [-0.39, 0.29) is 35.4 Å². The van der Waals surface area contributed by atoms with E-state index in [9.17, 15) is 14.7 Å². The number of esters is 1. The van der Waals surface area contributed by atoms with Crippen molar-refractivity contribution in [2.75, 3.05) is 6.61 Å². The number of carbonyl (C=O) groups is 2. The average molecular weight is 376 g/mol. The van der Waals surface area contributed by atoms with Gasteiger partial charge in [-0.3, -0.25) is 4.79 Å². The van der Waals surface area contributed by atoms with Crippen LogP contribution in [0.2, 0.25) is 0 Å². The quantitative estimate of drug-likeness (QED) is 0.785. The molecule has 6 heteroatoms. The van der Waals surface area contributed by atoms with Crippen molar-refractivity contribution in [2.24, 2.45) is 5.92 Å². The number of rotatable bonds is 3. The van der Waals surface area contributed by atoms with E-state index in [1.54, 1.807) is 13.8 Å². The Balaban J connectivity index is 0.00000126. The maximum Gasteiger partial charge on any atom is 0.347 e. The minimum absolute atomic E-state index is 0.0300. The van der Waals surface area contributed by atoms with Gasteiger partial charge >= 0.3 is 5.97 Å². The molecule has 148 valence electrons. The van der Waals surface area contributed by atoms with E-state index in [0.29, 0.717) is 41.7 Å². The number of phenolic OH excluding ortho intramolecular Hbond substituents is 1. The van der Waals surface area contributed by atoms with Crippen LogP contribution in [0.5, 0.6) is 11.5 Å². The van der Waals surface area contributed by atoms with Crippen LogP contribution in [0.15, 0.2) is 17.4 Å². The molecule has 3 rings (SSSR count). The number of carbonyl (C=O) groups excluding carboxylic acids is 2. The van der Waals surface area contributed by atoms with Crippen molar-refractivity contribution in [1.29, 1.82) is 0 Å². The number of aromatic hydroxyl groups is 1. The smallest absolute Gasteiger partial charge is 0.347 e. The summed E-state index contributed by atoms with van der Waals surface area (Å²) in [6, 6.07) is 1.51. The number of phenols is 1. The first kappa shape index (κ1) is 21.0. The number of allylic oxidation sites excluding steroid dienone is 1. The number of Topliss-reactive ketones (excluding diaryl/α,β-unsaturated/α-hetero) is 1. The number of ketones is 1. The second-order valence-electron chi connectivity index (χ2n) is 6.73. The van der Waals surface area contributed by atoms with E-state index in [4.69, 9.17) is 14.6 Å². The Kier molecular flexibility index (Phi) is 6.65. The largest absolute Gasteiger partial charge is 0.508 e. The lowest BCUT2D eigenvalue weighted by molar-refractivity contribution is -0.118. The van der Waals surface area contributed by atoms with Crippen LogP contribution in [0.4, 0.5) is 0 Å². The van der Waals surface area contributed by atoms with Crippen LogP contribution in [-0.2, 0) is 16.0 Å². The molecular formula is C21H28O6. The first-order valence-corrected chi connectivity index (χ1v) is 9.44. The van der Waals surface area contributed by atoms with Crippen LogP contribution in [0, 0.1) is 12.8 Å². The van der Waals surface area contributed by atoms with E-state index in [2.05, 4.69) is 0 Å². The molecule has 0 fully saturated rings. The number of aliphatic hydroxyl groups excluding tert-OH is 1. The fraction of sp³-hybridized carbons (Fsp3) is 0.524. The Morgan fingerprint density at radius 1 is 1.22 bits per heavy atom. The predicted octanol–water partition coefficient (Wildman–Crippen LogP) is 3.45. The van der Waals surface area contributed by atoms with Gasteiger partial charge in [0.2, 0.25) is 0 Å². The summed E-state index contributed by atoms with van der Waals surface area (Å²) in [7, 11) is 0. The van der Waals surface area contributed by atoms with Gasteiger partial charge in [0.05, 0.1) is 0 Å². The molecule has 2 N–H and O–H groups in total. The van der Waals surface area contributed by atoms with E-state index < -0.39 is 12.1 Å². The summed E-state index contributed by atoms with van der Waals surface area (Å²) in [5.74, 6) is -0.203. The van der Waals surface area contributed by atoms with E-state index in [1.165, 1.54) is 6.07 Å². The zero-order valence-electron chi connectivity index (χ0n) is 16.6. The number of hydrogen-bond acceptors (Lipinski definition) is 6. The third kappa shape index (κ3) is 3.86. The summed E-state index contributed by atoms with van der Waals surface area (Å²) in [6.07, 6.45) is 0.626. The fourth-order valence-corrected chi connectivity index (χ4v) is 3.38. The van der Waals surface area contributed by atoms with Crippen molar-refractivity contribution < 1.29 is 29.3 Å². The van der Waals surface area contributed by atoms with Gasteiger partial charge in [0.15, 0.2) is 17.6 Å². The van der Waals surface area contributed by atoms with Crippen LogP contribution >= 0.6 is 0 Å². The van der Waals surface area contributed by atoms with Gasteiger partial charge in [-0.25, -0.2) is 4.79 Å². The topological polar surface area (TPSA) is 93.1 Å². The number of aliphatic hydroxyl groups is 1. The first-order valence-electron chi connectivity index (χ1n) is 9.44. The molecule has 0 aromatic heterocycles. The van der Waals surface area contributed by atoms with E-state index in [1.807, 2.05) is 20.8 Å². The average Bonchev–Trinajstić information content (AvgIpc) is 2.81. The standard InChI is InChI=1S/C19H22O6.C2H6/c1-9-7-13(21)11(3)18-16(9)24-17-10(2)14(22)8-12(5-4-6-20)15(17)19(23)25-18;1-2/h8-9,16,20,22H,4-7H2,1-3H3;1-2H3. The maximum absolute atomic E-state index is 12.8. The monoisotopic (exact) mass is 376 g/mol. The molecule has 0 saturated heterocycles. The highest BCUT2D eigenvalue weighted by Crippen LogP contribution is 2.42. The van der Waals surface area contributed by atoms with Crippen molar-refractivity contribution >= 4 is 11.8 Å². The molecule has 1 aliphatic carbocycles. The van der Waals surface area contributed by atoms with Gasteiger partial charge in [-0.05, 0) is 38.3 Å². The zero-order chi connectivity index (χ0) is 20.3. The summed E-state index contributed by atoms with van der Waals surface area (Å²) < 4.78 is 11.7. The maximum atomic E-state index is 12.8. The molecule has 0 amide bonds. The number of aryl methyl sites for hydroxylation is 1. The van der Waals surface area contributed by atoms with E-state index >= 15 is 0 Å². The molecule has 6 nitrogen and oxygen atoms in total. The van der Waals surface area contributed by atoms with Gasteiger partial charge < -0.3 is 19.7 Å². The minimum atomic E-state index is -0.593. The molecule has 0 bridgehead atoms. The second kappa shape index (κ2) is 8.57. The second-order valence-corrected chi connectivity index (χ2v) is 6.73. The molecular weight excluding hydrogens is 348 g/mol. The van der Waals surface area contributed by atoms with Crippen LogP contribution in [0.25, 0.3) is 0 Å². The van der Waals surface area contributed by atoms with Gasteiger partial charge in [-0.2, -0.15) is 0 Å². The van der Waals surface area contributed by atoms with Gasteiger partial charge in [-0.1, -0.05) is 20.8 Å². The molecule has 1 aromatic rings. The first-order chi connectivity index (χ1) is 12.8. The van der Waals surface area contributed by atoms with E-state index in [0.717, 1.165) is 0 Å². The Bertz CT molecular complexity index is 777. The summed E-state index contributed by atoms with van der Waals surface area (Å²) >= 11 is 0. The summed E-state index contributed by atoms with van der Waals surface area (Å²) in [5.41, 5.74) is 1.69. The molecule has 1 heterocycles. The predicted molar refractivity (Wildman–Crippen MR) is 101 cm³/mol. The third-order valence-electron chi connectivity index (χ3n) is 4.91. The number of hydrogen-bond donors (Lipinski definition) is 2. The molecule has 27 heavy (non-hydrogen) atoms. The molecule has 1 aromatic carbocycles. The van der Waals surface area contributed by atoms with Crippen LogP contribution < -0.4 is 4.74 Å². The normalized spacial score (nSPS) is 21.3.